The molecule has 0 aliphatic heterocycles. The molecule has 0 saturated heterocycles. The molecule has 0 unspecified atom stereocenters. The van der Waals surface area contributed by atoms with Crippen LogP contribution in [0, 0.1) is 0 Å². The molecule has 0 aliphatic rings. The molecule has 0 rings (SSSR count). The highest BCUT2D eigenvalue weighted by Gasteiger charge is 2.41. The van der Waals surface area contributed by atoms with Crippen LogP contribution >= 0.6 is 0 Å². The van der Waals surface area contributed by atoms with E-state index in [0.29, 0.717) is 0 Å². The van der Waals surface area contributed by atoms with Crippen LogP contribution in [0.3, 0.4) is 0 Å². The summed E-state index contributed by atoms with van der Waals surface area (Å²) in [6.07, 6.45) is 0. The molecule has 0 heterocycles. The van der Waals surface area contributed by atoms with E-state index in [0.717, 1.165) is 0 Å². The van der Waals surface area contributed by atoms with Crippen LogP contribution in [0.5, 0.6) is 0 Å². The Morgan fingerprint density at radius 1 is 0.692 bits per heavy atom. The minimum absolute atomic E-state index is 1.49. The summed E-state index contributed by atoms with van der Waals surface area (Å²) in [7, 11) is -6.97. The second-order valence-electron chi connectivity index (χ2n) is 5.26. The molecule has 0 aromatic carbocycles. The Morgan fingerprint density at radius 2 is 0.923 bits per heavy atom. The molecule has 0 N–H and O–H groups in total. The molecular formula is C7H21FO2Si3. The number of rotatable bonds is 4. The molecule has 13 heavy (non-hydrogen) atoms. The Morgan fingerprint density at radius 3 is 1.08 bits per heavy atom. The van der Waals surface area contributed by atoms with Crippen molar-refractivity contribution in [2.24, 2.45) is 0 Å². The summed E-state index contributed by atoms with van der Waals surface area (Å²) in [4.78, 5) is 0. The Hall–Kier alpha value is 0.501. The van der Waals surface area contributed by atoms with E-state index >= 15 is 0 Å². The molecule has 0 bridgehead atoms. The van der Waals surface area contributed by atoms with E-state index in [9.17, 15) is 4.11 Å². The van der Waals surface area contributed by atoms with Gasteiger partial charge in [0.1, 0.15) is 0 Å². The van der Waals surface area contributed by atoms with Gasteiger partial charge in [0.25, 0.3) is 0 Å². The average Bonchev–Trinajstić information content (AvgIpc) is 1.43. The average molecular weight is 240 g/mol. The third kappa shape index (κ3) is 8.82. The van der Waals surface area contributed by atoms with Crippen LogP contribution in [0.4, 0.5) is 4.11 Å². The van der Waals surface area contributed by atoms with E-state index in [2.05, 4.69) is 0 Å². The van der Waals surface area contributed by atoms with Gasteiger partial charge in [-0.2, -0.15) is 0 Å². The highest BCUT2D eigenvalue weighted by atomic mass is 28.5. The van der Waals surface area contributed by atoms with Crippen molar-refractivity contribution in [3.8, 4) is 0 Å². The van der Waals surface area contributed by atoms with Gasteiger partial charge in [-0.1, -0.05) is 0 Å². The van der Waals surface area contributed by atoms with Crippen molar-refractivity contribution in [1.29, 1.82) is 0 Å². The lowest BCUT2D eigenvalue weighted by molar-refractivity contribution is 0.316. The quantitative estimate of drug-likeness (QED) is 0.555. The molecule has 0 atom stereocenters. The first-order valence-corrected chi connectivity index (χ1v) is 13.5. The fourth-order valence-electron chi connectivity index (χ4n) is 1.11. The van der Waals surface area contributed by atoms with Crippen molar-refractivity contribution < 1.29 is 12.3 Å². The van der Waals surface area contributed by atoms with Crippen molar-refractivity contribution in [1.82, 2.24) is 0 Å². The topological polar surface area (TPSA) is 18.5 Å². The highest BCUT2D eigenvalue weighted by molar-refractivity contribution is 6.84. The largest absolute Gasteiger partial charge is 0.516 e. The predicted molar refractivity (Wildman–Crippen MR) is 61.6 cm³/mol. The molecule has 2 nitrogen and oxygen atoms in total. The van der Waals surface area contributed by atoms with E-state index in [4.69, 9.17) is 8.23 Å². The molecule has 0 aromatic rings. The molecule has 0 saturated carbocycles. The number of hydrogen-bond acceptors (Lipinski definition) is 2. The summed E-state index contributed by atoms with van der Waals surface area (Å²) in [5, 5.41) is 0. The van der Waals surface area contributed by atoms with Crippen LogP contribution < -0.4 is 0 Å². The summed E-state index contributed by atoms with van der Waals surface area (Å²) < 4.78 is 24.7. The normalized spacial score (nSPS) is 14.8. The molecule has 0 radical (unpaired) electrons. The van der Waals surface area contributed by atoms with Gasteiger partial charge in [-0.05, 0) is 39.3 Å². The molecule has 0 aliphatic carbocycles. The van der Waals surface area contributed by atoms with Crippen molar-refractivity contribution in [3.63, 3.8) is 0 Å². The van der Waals surface area contributed by atoms with Gasteiger partial charge in [-0.25, -0.2) is 4.11 Å². The van der Waals surface area contributed by atoms with Gasteiger partial charge < -0.3 is 8.23 Å². The first kappa shape index (κ1) is 13.5. The molecule has 0 fully saturated rings. The lowest BCUT2D eigenvalue weighted by Gasteiger charge is -2.31. The molecule has 6 heteroatoms. The molecule has 0 amide bonds. The van der Waals surface area contributed by atoms with Crippen LogP contribution in [-0.2, 0) is 8.23 Å². The van der Waals surface area contributed by atoms with Gasteiger partial charge in [-0.15, -0.1) is 0 Å². The third-order valence-corrected chi connectivity index (χ3v) is 8.79. The summed E-state index contributed by atoms with van der Waals surface area (Å²) in [5.74, 6) is 0. The first-order valence-electron chi connectivity index (χ1n) is 4.51. The fraction of sp³-hybridized carbons (Fsp3) is 1.00. The van der Waals surface area contributed by atoms with E-state index in [-0.39, 0.29) is 0 Å². The van der Waals surface area contributed by atoms with Crippen LogP contribution in [0.2, 0.25) is 45.8 Å². The number of hydrogen-bond donors (Lipinski definition) is 0. The highest BCUT2D eigenvalue weighted by Crippen LogP contribution is 2.20. The van der Waals surface area contributed by atoms with Gasteiger partial charge in [0, 0.05) is 6.55 Å². The zero-order valence-electron chi connectivity index (χ0n) is 9.69. The molecule has 0 aromatic heterocycles. The minimum Gasteiger partial charge on any atom is -0.414 e. The third-order valence-electron chi connectivity index (χ3n) is 0.977. The maximum atomic E-state index is 13.8. The Balaban J connectivity index is 4.25. The van der Waals surface area contributed by atoms with Gasteiger partial charge in [0.2, 0.25) is 0 Å². The summed E-state index contributed by atoms with van der Waals surface area (Å²) in [6.45, 7) is 13.4. The lowest BCUT2D eigenvalue weighted by Crippen LogP contribution is -2.49. The van der Waals surface area contributed by atoms with E-state index in [1.807, 2.05) is 39.3 Å². The zero-order chi connectivity index (χ0) is 10.9. The van der Waals surface area contributed by atoms with E-state index < -0.39 is 25.5 Å². The zero-order valence-corrected chi connectivity index (χ0v) is 12.7. The minimum atomic E-state index is -3.35. The first-order chi connectivity index (χ1) is 5.41. The maximum Gasteiger partial charge on any atom is 0.516 e. The smallest absolute Gasteiger partial charge is 0.414 e. The van der Waals surface area contributed by atoms with Crippen LogP contribution in [0.15, 0.2) is 0 Å². The SMILES string of the molecule is C[Si](C)(C)O[Si](C)(F)O[Si](C)(C)C. The molecular weight excluding hydrogens is 219 g/mol. The van der Waals surface area contributed by atoms with Crippen molar-refractivity contribution in [2.75, 3.05) is 0 Å². The Labute approximate surface area is 84.1 Å². The predicted octanol–water partition coefficient (Wildman–Crippen LogP) is 3.23. The second-order valence-corrected chi connectivity index (χ2v) is 17.0. The summed E-state index contributed by atoms with van der Waals surface area (Å²) in [6, 6.07) is 0. The van der Waals surface area contributed by atoms with Gasteiger partial charge in [0.15, 0.2) is 16.6 Å². The second kappa shape index (κ2) is 3.93. The molecule has 80 valence electrons. The van der Waals surface area contributed by atoms with Crippen molar-refractivity contribution in [2.45, 2.75) is 45.8 Å². The summed E-state index contributed by atoms with van der Waals surface area (Å²) in [5.41, 5.74) is 0. The van der Waals surface area contributed by atoms with Gasteiger partial charge in [-0.3, -0.25) is 0 Å². The van der Waals surface area contributed by atoms with E-state index in [1.165, 1.54) is 6.55 Å². The monoisotopic (exact) mass is 240 g/mol. The fourth-order valence-corrected chi connectivity index (χ4v) is 10.4. The van der Waals surface area contributed by atoms with Crippen LogP contribution in [0.25, 0.3) is 0 Å². The van der Waals surface area contributed by atoms with Crippen molar-refractivity contribution in [3.05, 3.63) is 0 Å². The molecule has 0 spiro atoms. The van der Waals surface area contributed by atoms with Crippen LogP contribution in [-0.4, -0.2) is 25.5 Å². The summed E-state index contributed by atoms with van der Waals surface area (Å²) >= 11 is 0. The number of halogens is 1. The Bertz CT molecular complexity index is 154. The maximum absolute atomic E-state index is 13.8. The Kier molecular flexibility index (Phi) is 4.09. The van der Waals surface area contributed by atoms with E-state index in [1.54, 1.807) is 0 Å². The van der Waals surface area contributed by atoms with Crippen LogP contribution in [0.1, 0.15) is 0 Å². The van der Waals surface area contributed by atoms with Crippen molar-refractivity contribution >= 4 is 25.5 Å². The standard InChI is InChI=1S/C7H21FO2Si3/c1-11(2,3)9-13(7,8)10-12(4,5)6/h1-7H3. The van der Waals surface area contributed by atoms with Gasteiger partial charge in [0.05, 0.1) is 0 Å². The van der Waals surface area contributed by atoms with Gasteiger partial charge >= 0.3 is 8.89 Å². The lowest BCUT2D eigenvalue weighted by atomic mass is 11.8.